The average molecular weight is 270 g/mol. The fraction of sp³-hybridized carbons (Fsp3) is 0.231. The van der Waals surface area contributed by atoms with Gasteiger partial charge in [0.15, 0.2) is 5.82 Å². The van der Waals surface area contributed by atoms with Crippen molar-refractivity contribution < 1.29 is 4.52 Å². The van der Waals surface area contributed by atoms with E-state index in [0.29, 0.717) is 36.9 Å². The standard InChI is InChI=1S/C13H14N6O/c14-4-6-19-8-11(16-9-19)13-17-12(18-20-13)7-10-3-1-2-5-15-10/h1-3,5,8-9H,4,6-7,14H2. The molecule has 0 amide bonds. The zero-order valence-electron chi connectivity index (χ0n) is 10.8. The van der Waals surface area contributed by atoms with Gasteiger partial charge in [-0.3, -0.25) is 4.98 Å². The second-order valence-electron chi connectivity index (χ2n) is 4.30. The van der Waals surface area contributed by atoms with Crippen molar-refractivity contribution in [1.29, 1.82) is 0 Å². The Morgan fingerprint density at radius 2 is 2.20 bits per heavy atom. The molecule has 0 aliphatic rings. The van der Waals surface area contributed by atoms with Crippen molar-refractivity contribution in [3.63, 3.8) is 0 Å². The summed E-state index contributed by atoms with van der Waals surface area (Å²) in [5.74, 6) is 0.999. The molecule has 0 aliphatic heterocycles. The summed E-state index contributed by atoms with van der Waals surface area (Å²) in [5.41, 5.74) is 7.04. The lowest BCUT2D eigenvalue weighted by Gasteiger charge is -1.94. The summed E-state index contributed by atoms with van der Waals surface area (Å²) in [5, 5.41) is 3.94. The SMILES string of the molecule is NCCn1cnc(-c2nc(Cc3ccccn3)no2)c1. The van der Waals surface area contributed by atoms with Gasteiger partial charge in [-0.2, -0.15) is 4.98 Å². The Labute approximate surface area is 115 Å². The number of pyridine rings is 1. The average Bonchev–Trinajstić information content (AvgIpc) is 3.10. The van der Waals surface area contributed by atoms with Gasteiger partial charge in [0.2, 0.25) is 0 Å². The molecule has 2 N–H and O–H groups in total. The van der Waals surface area contributed by atoms with Crippen molar-refractivity contribution in [2.75, 3.05) is 6.54 Å². The number of aromatic nitrogens is 5. The van der Waals surface area contributed by atoms with E-state index < -0.39 is 0 Å². The quantitative estimate of drug-likeness (QED) is 0.739. The summed E-state index contributed by atoms with van der Waals surface area (Å²) >= 11 is 0. The Kier molecular flexibility index (Phi) is 3.51. The van der Waals surface area contributed by atoms with E-state index in [4.69, 9.17) is 10.3 Å². The van der Waals surface area contributed by atoms with Crippen LogP contribution in [0.25, 0.3) is 11.6 Å². The largest absolute Gasteiger partial charge is 0.335 e. The number of rotatable bonds is 5. The van der Waals surface area contributed by atoms with Crippen molar-refractivity contribution in [3.05, 3.63) is 48.4 Å². The molecule has 20 heavy (non-hydrogen) atoms. The summed E-state index contributed by atoms with van der Waals surface area (Å²) < 4.78 is 7.11. The molecule has 0 radical (unpaired) electrons. The summed E-state index contributed by atoms with van der Waals surface area (Å²) in [4.78, 5) is 12.8. The molecule has 3 aromatic rings. The normalized spacial score (nSPS) is 10.8. The van der Waals surface area contributed by atoms with E-state index in [9.17, 15) is 0 Å². The minimum Gasteiger partial charge on any atom is -0.335 e. The molecule has 3 rings (SSSR count). The molecule has 0 aromatic carbocycles. The fourth-order valence-electron chi connectivity index (χ4n) is 1.84. The van der Waals surface area contributed by atoms with Crippen molar-refractivity contribution in [2.45, 2.75) is 13.0 Å². The van der Waals surface area contributed by atoms with E-state index in [-0.39, 0.29) is 0 Å². The van der Waals surface area contributed by atoms with Crippen LogP contribution in [-0.2, 0) is 13.0 Å². The highest BCUT2D eigenvalue weighted by atomic mass is 16.5. The van der Waals surface area contributed by atoms with Gasteiger partial charge >= 0.3 is 0 Å². The zero-order chi connectivity index (χ0) is 13.8. The first-order chi connectivity index (χ1) is 9.85. The topological polar surface area (TPSA) is 95.7 Å². The molecule has 0 saturated carbocycles. The van der Waals surface area contributed by atoms with Crippen molar-refractivity contribution in [3.8, 4) is 11.6 Å². The highest BCUT2D eigenvalue weighted by molar-refractivity contribution is 5.44. The molecule has 0 fully saturated rings. The van der Waals surface area contributed by atoms with Crippen LogP contribution in [-0.4, -0.2) is 31.2 Å². The molecule has 7 heteroatoms. The molecular formula is C13H14N6O. The Morgan fingerprint density at radius 1 is 1.25 bits per heavy atom. The molecule has 3 aromatic heterocycles. The van der Waals surface area contributed by atoms with Crippen molar-refractivity contribution in [2.24, 2.45) is 5.73 Å². The summed E-state index contributed by atoms with van der Waals surface area (Å²) in [6.07, 6.45) is 5.81. The molecule has 0 spiro atoms. The summed E-state index contributed by atoms with van der Waals surface area (Å²) in [6.45, 7) is 1.27. The Balaban J connectivity index is 1.76. The number of hydrogen-bond donors (Lipinski definition) is 1. The highest BCUT2D eigenvalue weighted by Crippen LogP contribution is 2.15. The van der Waals surface area contributed by atoms with Gasteiger partial charge in [0, 0.05) is 31.2 Å². The van der Waals surface area contributed by atoms with Crippen LogP contribution in [0, 0.1) is 0 Å². The number of imidazole rings is 1. The molecule has 0 unspecified atom stereocenters. The molecule has 0 bridgehead atoms. The molecule has 3 heterocycles. The first kappa shape index (κ1) is 12.5. The third-order valence-corrected chi connectivity index (χ3v) is 2.77. The maximum atomic E-state index is 5.49. The molecule has 0 saturated heterocycles. The van der Waals surface area contributed by atoms with Crippen LogP contribution in [0.1, 0.15) is 11.5 Å². The van der Waals surface area contributed by atoms with Crippen LogP contribution >= 0.6 is 0 Å². The summed E-state index contributed by atoms with van der Waals surface area (Å²) in [6, 6.07) is 5.72. The lowest BCUT2D eigenvalue weighted by Crippen LogP contribution is -2.07. The molecule has 7 nitrogen and oxygen atoms in total. The third kappa shape index (κ3) is 2.72. The second kappa shape index (κ2) is 5.62. The minimum absolute atomic E-state index is 0.409. The van der Waals surface area contributed by atoms with Crippen LogP contribution in [0.15, 0.2) is 41.4 Å². The number of nitrogens with zero attached hydrogens (tertiary/aromatic N) is 5. The smallest absolute Gasteiger partial charge is 0.278 e. The van der Waals surface area contributed by atoms with Gasteiger partial charge in [-0.05, 0) is 12.1 Å². The Bertz CT molecular complexity index is 675. The van der Waals surface area contributed by atoms with Gasteiger partial charge in [-0.25, -0.2) is 4.98 Å². The monoisotopic (exact) mass is 270 g/mol. The predicted octanol–water partition coefficient (Wildman–Crippen LogP) is 0.878. The van der Waals surface area contributed by atoms with E-state index in [2.05, 4.69) is 20.1 Å². The van der Waals surface area contributed by atoms with E-state index in [1.807, 2.05) is 29.0 Å². The van der Waals surface area contributed by atoms with E-state index >= 15 is 0 Å². The lowest BCUT2D eigenvalue weighted by molar-refractivity contribution is 0.422. The van der Waals surface area contributed by atoms with Gasteiger partial charge in [0.05, 0.1) is 12.7 Å². The van der Waals surface area contributed by atoms with Gasteiger partial charge in [-0.1, -0.05) is 11.2 Å². The molecule has 102 valence electrons. The van der Waals surface area contributed by atoms with Crippen LogP contribution in [0.4, 0.5) is 0 Å². The molecule has 0 atom stereocenters. The zero-order valence-corrected chi connectivity index (χ0v) is 10.8. The van der Waals surface area contributed by atoms with Crippen LogP contribution < -0.4 is 5.73 Å². The van der Waals surface area contributed by atoms with Gasteiger partial charge in [-0.15, -0.1) is 0 Å². The van der Waals surface area contributed by atoms with Gasteiger partial charge < -0.3 is 14.8 Å². The van der Waals surface area contributed by atoms with Crippen LogP contribution in [0.5, 0.6) is 0 Å². The van der Waals surface area contributed by atoms with Gasteiger partial charge in [0.1, 0.15) is 5.69 Å². The third-order valence-electron chi connectivity index (χ3n) is 2.77. The predicted molar refractivity (Wildman–Crippen MR) is 71.6 cm³/mol. The fourth-order valence-corrected chi connectivity index (χ4v) is 1.84. The maximum Gasteiger partial charge on any atom is 0.278 e. The Morgan fingerprint density at radius 3 is 3.00 bits per heavy atom. The summed E-state index contributed by atoms with van der Waals surface area (Å²) in [7, 11) is 0. The van der Waals surface area contributed by atoms with Crippen molar-refractivity contribution in [1.82, 2.24) is 24.7 Å². The first-order valence-electron chi connectivity index (χ1n) is 6.30. The van der Waals surface area contributed by atoms with E-state index in [1.165, 1.54) is 0 Å². The lowest BCUT2D eigenvalue weighted by atomic mass is 10.2. The maximum absolute atomic E-state index is 5.49. The second-order valence-corrected chi connectivity index (χ2v) is 4.30. The number of hydrogen-bond acceptors (Lipinski definition) is 6. The van der Waals surface area contributed by atoms with Crippen molar-refractivity contribution >= 4 is 0 Å². The number of nitrogens with two attached hydrogens (primary N) is 1. The highest BCUT2D eigenvalue weighted by Gasteiger charge is 2.12. The molecular weight excluding hydrogens is 256 g/mol. The molecule has 0 aliphatic carbocycles. The van der Waals surface area contributed by atoms with Crippen LogP contribution in [0.3, 0.4) is 0 Å². The minimum atomic E-state index is 0.409. The first-order valence-corrected chi connectivity index (χ1v) is 6.30. The Hall–Kier alpha value is -2.54. The van der Waals surface area contributed by atoms with E-state index in [0.717, 1.165) is 5.69 Å². The van der Waals surface area contributed by atoms with E-state index in [1.54, 1.807) is 12.5 Å². The van der Waals surface area contributed by atoms with Gasteiger partial charge in [0.25, 0.3) is 5.89 Å². The van der Waals surface area contributed by atoms with Crippen LogP contribution in [0.2, 0.25) is 0 Å².